The third-order valence-electron chi connectivity index (χ3n) is 3.76. The lowest BCUT2D eigenvalue weighted by Crippen LogP contribution is -2.74. The minimum atomic E-state index is -8.86. The van der Waals surface area contributed by atoms with Gasteiger partial charge in [0.15, 0.2) is 6.61 Å². The summed E-state index contributed by atoms with van der Waals surface area (Å²) in [5, 5.41) is 0. The molecule has 0 N–H and O–H groups in total. The Morgan fingerprint density at radius 1 is 0.514 bits per heavy atom. The maximum Gasteiger partial charge on any atom is 0.460 e. The summed E-state index contributed by atoms with van der Waals surface area (Å²) >= 11 is 0. The van der Waals surface area contributed by atoms with Gasteiger partial charge in [-0.05, 0) is 0 Å². The average molecular weight is 572 g/mol. The number of carbonyl (C=O) groups is 1. The Morgan fingerprint density at radius 3 is 1.09 bits per heavy atom. The molecule has 2 nitrogen and oxygen atoms in total. The van der Waals surface area contributed by atoms with Gasteiger partial charge in [-0.1, -0.05) is 6.58 Å². The van der Waals surface area contributed by atoms with Gasteiger partial charge in [-0.2, -0.15) is 87.8 Å². The number of esters is 1. The van der Waals surface area contributed by atoms with E-state index in [1.807, 2.05) is 6.58 Å². The minimum Gasteiger partial charge on any atom is -0.455 e. The van der Waals surface area contributed by atoms with Gasteiger partial charge in [0.1, 0.15) is 5.57 Å². The summed E-state index contributed by atoms with van der Waals surface area (Å²) < 4.78 is 259. The van der Waals surface area contributed by atoms with E-state index in [9.17, 15) is 92.6 Å². The molecule has 208 valence electrons. The Balaban J connectivity index is 6.45. The predicted molar refractivity (Wildman–Crippen MR) is 66.8 cm³/mol. The molecule has 0 unspecified atom stereocenters. The van der Waals surface area contributed by atoms with Crippen molar-refractivity contribution in [2.75, 3.05) is 6.61 Å². The van der Waals surface area contributed by atoms with Gasteiger partial charge in [-0.25, -0.2) is 4.79 Å². The van der Waals surface area contributed by atoms with E-state index in [4.69, 9.17) is 0 Å². The molecule has 0 bridgehead atoms. The van der Waals surface area contributed by atoms with Crippen molar-refractivity contribution in [3.63, 3.8) is 0 Å². The topological polar surface area (TPSA) is 26.3 Å². The SMILES string of the molecule is C=C(C(=O)OCC(F)(F)C(F)(F)C(F)(F)C(F)(F)C(F)(F)C(F)(F)C(F)(F)C(F)(F)F)C(F)(F)F. The lowest BCUT2D eigenvalue weighted by molar-refractivity contribution is -0.462. The minimum absolute atomic E-state index is 1.83. The molecule has 22 heteroatoms. The average Bonchev–Trinajstić information content (AvgIpc) is 2.62. The molecule has 0 aliphatic heterocycles. The first-order valence-corrected chi connectivity index (χ1v) is 7.43. The molecule has 0 heterocycles. The second kappa shape index (κ2) is 8.44. The quantitative estimate of drug-likeness (QED) is 0.176. The predicted octanol–water partition coefficient (Wildman–Crippen LogP) is 6.66. The lowest BCUT2D eigenvalue weighted by atomic mass is 9.89. The van der Waals surface area contributed by atoms with Crippen LogP contribution in [0.5, 0.6) is 0 Å². The van der Waals surface area contributed by atoms with Crippen LogP contribution in [0.4, 0.5) is 87.8 Å². The zero-order valence-electron chi connectivity index (χ0n) is 15.3. The molecule has 0 rings (SSSR count). The Hall–Kier alpha value is -2.19. The van der Waals surface area contributed by atoms with Crippen LogP contribution < -0.4 is 0 Å². The largest absolute Gasteiger partial charge is 0.460 e. The second-order valence-corrected chi connectivity index (χ2v) is 6.20. The fraction of sp³-hybridized carbons (Fsp3) is 0.769. The van der Waals surface area contributed by atoms with E-state index in [0.29, 0.717) is 0 Å². The van der Waals surface area contributed by atoms with Crippen LogP contribution >= 0.6 is 0 Å². The summed E-state index contributed by atoms with van der Waals surface area (Å²) in [7, 11) is 0. The molecule has 0 aromatic carbocycles. The summed E-state index contributed by atoms with van der Waals surface area (Å²) in [6, 6.07) is 0. The van der Waals surface area contributed by atoms with Crippen molar-refractivity contribution < 1.29 is 97.3 Å². The molecule has 0 saturated carbocycles. The molecule has 35 heavy (non-hydrogen) atoms. The Bertz CT molecular complexity index is 816. The standard InChI is InChI=1S/C13H4F20O2/c1-3(6(16,17)18)4(34)35-2-5(14,15)7(19,20)8(21,22)9(23,24)10(25,26)11(27,28)12(29,30)13(31,32)33/h1-2H2. The molecular weight excluding hydrogens is 568 g/mol. The van der Waals surface area contributed by atoms with Gasteiger partial charge in [0.2, 0.25) is 0 Å². The van der Waals surface area contributed by atoms with Gasteiger partial charge in [0.25, 0.3) is 0 Å². The van der Waals surface area contributed by atoms with Crippen molar-refractivity contribution in [1.82, 2.24) is 0 Å². The van der Waals surface area contributed by atoms with Crippen LogP contribution in [-0.4, -0.2) is 66.4 Å². The van der Waals surface area contributed by atoms with Crippen molar-refractivity contribution in [3.05, 3.63) is 12.2 Å². The number of alkyl halides is 20. The maximum atomic E-state index is 13.4. The fourth-order valence-corrected chi connectivity index (χ4v) is 1.65. The van der Waals surface area contributed by atoms with E-state index in [1.165, 1.54) is 0 Å². The first-order valence-electron chi connectivity index (χ1n) is 7.43. The smallest absolute Gasteiger partial charge is 0.455 e. The van der Waals surface area contributed by atoms with Crippen molar-refractivity contribution in [2.45, 2.75) is 53.8 Å². The van der Waals surface area contributed by atoms with Crippen LogP contribution in [0, 0.1) is 0 Å². The van der Waals surface area contributed by atoms with Crippen molar-refractivity contribution >= 4 is 5.97 Å². The van der Waals surface area contributed by atoms with Gasteiger partial charge in [0.05, 0.1) is 0 Å². The van der Waals surface area contributed by atoms with Crippen LogP contribution in [0.15, 0.2) is 12.2 Å². The highest BCUT2D eigenvalue weighted by molar-refractivity contribution is 5.89. The number of hydrogen-bond acceptors (Lipinski definition) is 2. The number of carbonyl (C=O) groups excluding carboxylic acids is 1. The Labute approximate surface area is 177 Å². The summed E-state index contributed by atoms with van der Waals surface area (Å²) in [6.07, 6.45) is -13.8. The molecule has 0 fully saturated rings. The molecule has 0 spiro atoms. The number of halogens is 20. The molecule has 0 saturated heterocycles. The monoisotopic (exact) mass is 572 g/mol. The summed E-state index contributed by atoms with van der Waals surface area (Å²) in [5.74, 6) is -61.9. The number of rotatable bonds is 9. The van der Waals surface area contributed by atoms with Gasteiger partial charge in [-0.3, -0.25) is 0 Å². The fourth-order valence-electron chi connectivity index (χ4n) is 1.65. The molecule has 0 aromatic rings. The van der Waals surface area contributed by atoms with E-state index < -0.39 is 72.0 Å². The van der Waals surface area contributed by atoms with Crippen LogP contribution in [0.2, 0.25) is 0 Å². The zero-order chi connectivity index (χ0) is 29.1. The highest BCUT2D eigenvalue weighted by Gasteiger charge is 2.95. The number of ether oxygens (including phenoxy) is 1. The molecule has 0 radical (unpaired) electrons. The van der Waals surface area contributed by atoms with Crippen LogP contribution in [-0.2, 0) is 9.53 Å². The Kier molecular flexibility index (Phi) is 7.91. The van der Waals surface area contributed by atoms with Crippen LogP contribution in [0.3, 0.4) is 0 Å². The number of hydrogen-bond donors (Lipinski definition) is 0. The highest BCUT2D eigenvalue weighted by Crippen LogP contribution is 2.63. The second-order valence-electron chi connectivity index (χ2n) is 6.20. The summed E-state index contributed by atoms with van der Waals surface area (Å²) in [4.78, 5) is 10.7. The van der Waals surface area contributed by atoms with Crippen molar-refractivity contribution in [3.8, 4) is 0 Å². The highest BCUT2D eigenvalue weighted by atomic mass is 19.4. The normalized spacial score (nSPS) is 15.8. The summed E-state index contributed by atoms with van der Waals surface area (Å²) in [5.41, 5.74) is -2.80. The van der Waals surface area contributed by atoms with Crippen LogP contribution in [0.25, 0.3) is 0 Å². The van der Waals surface area contributed by atoms with Crippen molar-refractivity contribution in [1.29, 1.82) is 0 Å². The molecule has 0 aliphatic carbocycles. The van der Waals surface area contributed by atoms with Gasteiger partial charge in [-0.15, -0.1) is 0 Å². The van der Waals surface area contributed by atoms with E-state index in [0.717, 1.165) is 0 Å². The van der Waals surface area contributed by atoms with E-state index in [2.05, 4.69) is 4.74 Å². The van der Waals surface area contributed by atoms with E-state index in [1.54, 1.807) is 0 Å². The first kappa shape index (κ1) is 32.8. The van der Waals surface area contributed by atoms with Crippen LogP contribution in [0.1, 0.15) is 0 Å². The molecular formula is C13H4F20O2. The molecule has 0 atom stereocenters. The van der Waals surface area contributed by atoms with Gasteiger partial charge < -0.3 is 4.74 Å². The Morgan fingerprint density at radius 2 is 0.800 bits per heavy atom. The zero-order valence-corrected chi connectivity index (χ0v) is 15.3. The van der Waals surface area contributed by atoms with E-state index >= 15 is 0 Å². The van der Waals surface area contributed by atoms with Gasteiger partial charge in [0, 0.05) is 0 Å². The van der Waals surface area contributed by atoms with E-state index in [-0.39, 0.29) is 0 Å². The van der Waals surface area contributed by atoms with Crippen molar-refractivity contribution in [2.24, 2.45) is 0 Å². The third-order valence-corrected chi connectivity index (χ3v) is 3.76. The molecule has 0 aromatic heterocycles. The third kappa shape index (κ3) is 4.79. The van der Waals surface area contributed by atoms with Gasteiger partial charge >= 0.3 is 59.8 Å². The molecule has 0 amide bonds. The first-order chi connectivity index (χ1) is 14.8. The maximum absolute atomic E-state index is 13.4. The summed E-state index contributed by atoms with van der Waals surface area (Å²) in [6.45, 7) is -1.96. The lowest BCUT2D eigenvalue weighted by Gasteiger charge is -2.42. The molecule has 0 aliphatic rings.